The molecule has 2 fully saturated rings. The molecule has 0 aromatic heterocycles. The van der Waals surface area contributed by atoms with Crippen LogP contribution in [0.25, 0.3) is 0 Å². The summed E-state index contributed by atoms with van der Waals surface area (Å²) in [5.41, 5.74) is -3.23. The Morgan fingerprint density at radius 3 is 2.52 bits per heavy atom. The lowest BCUT2D eigenvalue weighted by molar-refractivity contribution is -0.188. The first-order valence-electron chi connectivity index (χ1n) is 11.5. The number of rotatable bonds is 4. The van der Waals surface area contributed by atoms with Gasteiger partial charge in [-0.1, -0.05) is 46.8 Å². The lowest BCUT2D eigenvalue weighted by Crippen LogP contribution is -2.61. The van der Waals surface area contributed by atoms with E-state index >= 15 is 0 Å². The fraction of sp³-hybridized carbons (Fsp3) is 0.760. The fourth-order valence-corrected chi connectivity index (χ4v) is 7.04. The van der Waals surface area contributed by atoms with Gasteiger partial charge in [-0.15, -0.1) is 0 Å². The van der Waals surface area contributed by atoms with Crippen LogP contribution in [0, 0.1) is 35.0 Å². The molecule has 0 saturated heterocycles. The van der Waals surface area contributed by atoms with Gasteiger partial charge in [-0.2, -0.15) is 0 Å². The normalized spacial score (nSPS) is 46.0. The third-order valence-electron chi connectivity index (χ3n) is 9.17. The SMILES string of the molecule is CCC(C)C(=O)O[C@@]12C[C@@H](C)[C@@]3(O)[C@@H](C=C(CO)C[C@]4(O)C(=O)C(C)=C[C@@H]34)[C@@H]1C2(C)C. The van der Waals surface area contributed by atoms with Crippen LogP contribution in [0.3, 0.4) is 0 Å². The fourth-order valence-electron chi connectivity index (χ4n) is 7.04. The van der Waals surface area contributed by atoms with Crippen molar-refractivity contribution in [2.75, 3.05) is 6.61 Å². The number of carbonyl (C=O) groups excluding carboxylic acids is 2. The van der Waals surface area contributed by atoms with Gasteiger partial charge in [0.2, 0.25) is 0 Å². The lowest BCUT2D eigenvalue weighted by Gasteiger charge is -2.50. The number of ether oxygens (including phenoxy) is 1. The van der Waals surface area contributed by atoms with Crippen molar-refractivity contribution in [1.82, 2.24) is 0 Å². The van der Waals surface area contributed by atoms with Crippen molar-refractivity contribution in [2.45, 2.75) is 77.6 Å². The molecule has 0 aliphatic heterocycles. The van der Waals surface area contributed by atoms with E-state index in [9.17, 15) is 24.9 Å². The highest BCUT2D eigenvalue weighted by molar-refractivity contribution is 6.04. The third kappa shape index (κ3) is 2.67. The highest BCUT2D eigenvalue weighted by Gasteiger charge is 2.83. The number of esters is 1. The summed E-state index contributed by atoms with van der Waals surface area (Å²) in [6.07, 6.45) is 4.73. The molecule has 31 heavy (non-hydrogen) atoms. The highest BCUT2D eigenvalue weighted by Crippen LogP contribution is 2.76. The molecule has 8 atom stereocenters. The summed E-state index contributed by atoms with van der Waals surface area (Å²) < 4.78 is 6.19. The number of Topliss-reactive ketones (excluding diaryl/α,β-unsaturated/α-hetero) is 1. The molecule has 4 rings (SSSR count). The monoisotopic (exact) mass is 432 g/mol. The van der Waals surface area contributed by atoms with E-state index in [1.165, 1.54) is 0 Å². The van der Waals surface area contributed by atoms with Gasteiger partial charge in [-0.05, 0) is 36.8 Å². The molecule has 6 heteroatoms. The van der Waals surface area contributed by atoms with Gasteiger partial charge >= 0.3 is 5.97 Å². The average molecular weight is 433 g/mol. The molecule has 4 aliphatic carbocycles. The highest BCUT2D eigenvalue weighted by atomic mass is 16.6. The van der Waals surface area contributed by atoms with Crippen LogP contribution in [0.5, 0.6) is 0 Å². The Morgan fingerprint density at radius 1 is 1.29 bits per heavy atom. The largest absolute Gasteiger partial charge is 0.458 e. The number of hydrogen-bond donors (Lipinski definition) is 3. The number of aliphatic hydroxyl groups excluding tert-OH is 1. The number of hydrogen-bond acceptors (Lipinski definition) is 6. The minimum atomic E-state index is -1.76. The van der Waals surface area contributed by atoms with E-state index in [0.29, 0.717) is 24.0 Å². The van der Waals surface area contributed by atoms with Crippen LogP contribution in [0.15, 0.2) is 23.3 Å². The molecular weight excluding hydrogens is 396 g/mol. The van der Waals surface area contributed by atoms with Gasteiger partial charge < -0.3 is 20.1 Å². The molecule has 6 nitrogen and oxygen atoms in total. The number of aliphatic hydroxyl groups is 3. The third-order valence-corrected chi connectivity index (χ3v) is 9.17. The maximum Gasteiger partial charge on any atom is 0.309 e. The quantitative estimate of drug-likeness (QED) is 0.466. The van der Waals surface area contributed by atoms with Crippen molar-refractivity contribution in [1.29, 1.82) is 0 Å². The maximum atomic E-state index is 12.9. The average Bonchev–Trinajstić information content (AvgIpc) is 3.11. The summed E-state index contributed by atoms with van der Waals surface area (Å²) >= 11 is 0. The standard InChI is InChI=1S/C25H36O6/c1-7-13(2)21(28)31-24-10-15(4)25(30)17(19(24)22(24,5)6)9-16(12-26)11-23(29)18(25)8-14(3)20(23)27/h8-9,13,15,17-19,26,29-30H,7,10-12H2,1-6H3/t13?,15-,17+,18-,19-,23-,24+,25-/m1/s1. The Kier molecular flexibility index (Phi) is 4.94. The van der Waals surface area contributed by atoms with Crippen LogP contribution in [-0.4, -0.2) is 50.5 Å². The number of fused-ring (bicyclic) bond motifs is 5. The molecule has 0 bridgehead atoms. The zero-order valence-corrected chi connectivity index (χ0v) is 19.4. The van der Waals surface area contributed by atoms with E-state index < -0.39 is 28.6 Å². The van der Waals surface area contributed by atoms with E-state index in [1.807, 2.05) is 26.8 Å². The minimum Gasteiger partial charge on any atom is -0.458 e. The summed E-state index contributed by atoms with van der Waals surface area (Å²) in [4.78, 5) is 25.7. The zero-order chi connectivity index (χ0) is 23.1. The molecule has 172 valence electrons. The molecule has 3 N–H and O–H groups in total. The molecule has 1 unspecified atom stereocenters. The smallest absolute Gasteiger partial charge is 0.309 e. The van der Waals surface area contributed by atoms with E-state index in [-0.39, 0.29) is 47.9 Å². The van der Waals surface area contributed by atoms with Crippen molar-refractivity contribution in [3.63, 3.8) is 0 Å². The maximum absolute atomic E-state index is 12.9. The van der Waals surface area contributed by atoms with Crippen molar-refractivity contribution >= 4 is 11.8 Å². The van der Waals surface area contributed by atoms with Crippen LogP contribution in [0.2, 0.25) is 0 Å². The first-order valence-corrected chi connectivity index (χ1v) is 11.5. The summed E-state index contributed by atoms with van der Waals surface area (Å²) in [5.74, 6) is -2.53. The second-order valence-corrected chi connectivity index (χ2v) is 11.1. The molecule has 2 saturated carbocycles. The van der Waals surface area contributed by atoms with Crippen molar-refractivity contribution in [2.24, 2.45) is 35.0 Å². The Bertz CT molecular complexity index is 886. The Hall–Kier alpha value is -1.50. The van der Waals surface area contributed by atoms with Gasteiger partial charge in [0.15, 0.2) is 5.78 Å². The van der Waals surface area contributed by atoms with Gasteiger partial charge in [0.05, 0.1) is 18.1 Å². The van der Waals surface area contributed by atoms with Crippen molar-refractivity contribution in [3.8, 4) is 0 Å². The molecule has 0 heterocycles. The van der Waals surface area contributed by atoms with Crippen LogP contribution >= 0.6 is 0 Å². The Morgan fingerprint density at radius 2 is 1.94 bits per heavy atom. The van der Waals surface area contributed by atoms with Gasteiger partial charge in [0.1, 0.15) is 11.2 Å². The molecule has 0 aromatic rings. The predicted octanol–water partition coefficient (Wildman–Crippen LogP) is 2.56. The van der Waals surface area contributed by atoms with Crippen LogP contribution in [0.4, 0.5) is 0 Å². The second kappa shape index (κ2) is 6.75. The molecule has 0 spiro atoms. The Balaban J connectivity index is 1.83. The van der Waals surface area contributed by atoms with Crippen molar-refractivity contribution < 1.29 is 29.6 Å². The summed E-state index contributed by atoms with van der Waals surface area (Å²) in [6, 6.07) is 0. The van der Waals surface area contributed by atoms with Crippen LogP contribution < -0.4 is 0 Å². The zero-order valence-electron chi connectivity index (χ0n) is 19.4. The number of carbonyl (C=O) groups is 2. The topological polar surface area (TPSA) is 104 Å². The predicted molar refractivity (Wildman–Crippen MR) is 115 cm³/mol. The van der Waals surface area contributed by atoms with Crippen molar-refractivity contribution in [3.05, 3.63) is 23.3 Å². The second-order valence-electron chi connectivity index (χ2n) is 11.1. The molecule has 4 aliphatic rings. The molecule has 0 aromatic carbocycles. The first kappa shape index (κ1) is 22.7. The van der Waals surface area contributed by atoms with E-state index in [2.05, 4.69) is 13.8 Å². The molecular formula is C25H36O6. The van der Waals surface area contributed by atoms with Gasteiger partial charge in [0, 0.05) is 29.6 Å². The van der Waals surface area contributed by atoms with Crippen LogP contribution in [-0.2, 0) is 14.3 Å². The molecule has 0 amide bonds. The van der Waals surface area contributed by atoms with E-state index in [4.69, 9.17) is 4.74 Å². The van der Waals surface area contributed by atoms with Crippen LogP contribution in [0.1, 0.15) is 60.8 Å². The first-order chi connectivity index (χ1) is 14.3. The van der Waals surface area contributed by atoms with E-state index in [1.54, 1.807) is 13.0 Å². The van der Waals surface area contributed by atoms with Gasteiger partial charge in [-0.3, -0.25) is 9.59 Å². The van der Waals surface area contributed by atoms with Gasteiger partial charge in [-0.25, -0.2) is 0 Å². The summed E-state index contributed by atoms with van der Waals surface area (Å²) in [7, 11) is 0. The summed E-state index contributed by atoms with van der Waals surface area (Å²) in [6.45, 7) is 11.2. The minimum absolute atomic E-state index is 0.000818. The van der Waals surface area contributed by atoms with E-state index in [0.717, 1.165) is 0 Å². The number of ketones is 1. The van der Waals surface area contributed by atoms with Gasteiger partial charge in [0.25, 0.3) is 0 Å². The Labute approximate surface area is 184 Å². The summed E-state index contributed by atoms with van der Waals surface area (Å²) in [5, 5.41) is 33.7. The molecule has 0 radical (unpaired) electrons. The lowest BCUT2D eigenvalue weighted by atomic mass is 9.60.